The Bertz CT molecular complexity index is 68.8. The lowest BCUT2D eigenvalue weighted by atomic mass is 10.1. The zero-order chi connectivity index (χ0) is 5.98. The summed E-state index contributed by atoms with van der Waals surface area (Å²) in [5.41, 5.74) is 11.0. The van der Waals surface area contributed by atoms with E-state index in [0.717, 1.165) is 6.42 Å². The number of nitrogens with two attached hydrogens (primary N) is 2. The SMILES string of the molecule is NC1COCC(N)C1. The molecule has 2 atom stereocenters. The highest BCUT2D eigenvalue weighted by Crippen LogP contribution is 2.01. The summed E-state index contributed by atoms with van der Waals surface area (Å²) in [5.74, 6) is 0. The fourth-order valence-electron chi connectivity index (χ4n) is 0.896. The standard InChI is InChI=1S/C5H12N2O/c6-4-1-5(7)3-8-2-4/h4-5H,1-3,6-7H2. The Kier molecular flexibility index (Phi) is 1.83. The zero-order valence-electron chi connectivity index (χ0n) is 4.84. The van der Waals surface area contributed by atoms with Gasteiger partial charge in [-0.2, -0.15) is 0 Å². The number of rotatable bonds is 0. The van der Waals surface area contributed by atoms with Crippen molar-refractivity contribution in [3.05, 3.63) is 0 Å². The van der Waals surface area contributed by atoms with E-state index in [9.17, 15) is 0 Å². The van der Waals surface area contributed by atoms with Crippen LogP contribution in [-0.4, -0.2) is 25.3 Å². The molecule has 0 spiro atoms. The highest BCUT2D eigenvalue weighted by molar-refractivity contribution is 4.74. The Morgan fingerprint density at radius 3 is 1.88 bits per heavy atom. The molecule has 0 saturated carbocycles. The fraction of sp³-hybridized carbons (Fsp3) is 1.00. The van der Waals surface area contributed by atoms with Crippen LogP contribution in [0, 0.1) is 0 Å². The molecule has 0 amide bonds. The highest BCUT2D eigenvalue weighted by Gasteiger charge is 2.14. The van der Waals surface area contributed by atoms with Crippen molar-refractivity contribution in [2.45, 2.75) is 18.5 Å². The van der Waals surface area contributed by atoms with Gasteiger partial charge in [-0.05, 0) is 6.42 Å². The van der Waals surface area contributed by atoms with Crippen LogP contribution in [0.3, 0.4) is 0 Å². The summed E-state index contributed by atoms with van der Waals surface area (Å²) in [6.45, 7) is 1.35. The molecule has 3 nitrogen and oxygen atoms in total. The van der Waals surface area contributed by atoms with Gasteiger partial charge in [0.1, 0.15) is 0 Å². The minimum atomic E-state index is 0.166. The minimum Gasteiger partial charge on any atom is -0.378 e. The Morgan fingerprint density at radius 1 is 1.12 bits per heavy atom. The van der Waals surface area contributed by atoms with Crippen molar-refractivity contribution in [1.29, 1.82) is 0 Å². The van der Waals surface area contributed by atoms with Gasteiger partial charge in [0.05, 0.1) is 13.2 Å². The van der Waals surface area contributed by atoms with Gasteiger partial charge in [-0.3, -0.25) is 0 Å². The van der Waals surface area contributed by atoms with Gasteiger partial charge in [0, 0.05) is 12.1 Å². The predicted molar refractivity (Wildman–Crippen MR) is 31.4 cm³/mol. The van der Waals surface area contributed by atoms with Crippen LogP contribution < -0.4 is 11.5 Å². The van der Waals surface area contributed by atoms with E-state index in [1.165, 1.54) is 0 Å². The van der Waals surface area contributed by atoms with Crippen molar-refractivity contribution >= 4 is 0 Å². The van der Waals surface area contributed by atoms with Crippen molar-refractivity contribution in [1.82, 2.24) is 0 Å². The van der Waals surface area contributed by atoms with Crippen LogP contribution in [0.15, 0.2) is 0 Å². The van der Waals surface area contributed by atoms with Crippen molar-refractivity contribution in [2.24, 2.45) is 11.5 Å². The molecule has 0 aromatic heterocycles. The summed E-state index contributed by atoms with van der Waals surface area (Å²) in [4.78, 5) is 0. The quantitative estimate of drug-likeness (QED) is 0.429. The van der Waals surface area contributed by atoms with Gasteiger partial charge in [-0.25, -0.2) is 0 Å². The summed E-state index contributed by atoms with van der Waals surface area (Å²) in [5, 5.41) is 0. The van der Waals surface area contributed by atoms with Gasteiger partial charge in [-0.15, -0.1) is 0 Å². The van der Waals surface area contributed by atoms with Gasteiger partial charge in [0.15, 0.2) is 0 Å². The third kappa shape index (κ3) is 1.43. The van der Waals surface area contributed by atoms with Crippen molar-refractivity contribution < 1.29 is 4.74 Å². The molecular weight excluding hydrogens is 104 g/mol. The maximum absolute atomic E-state index is 5.52. The van der Waals surface area contributed by atoms with Gasteiger partial charge >= 0.3 is 0 Å². The number of ether oxygens (including phenoxy) is 1. The van der Waals surface area contributed by atoms with Crippen LogP contribution in [0.2, 0.25) is 0 Å². The van der Waals surface area contributed by atoms with Gasteiger partial charge in [0.2, 0.25) is 0 Å². The lowest BCUT2D eigenvalue weighted by molar-refractivity contribution is 0.0680. The Hall–Kier alpha value is -0.120. The first-order chi connectivity index (χ1) is 3.79. The second-order valence-electron chi connectivity index (χ2n) is 2.29. The largest absolute Gasteiger partial charge is 0.378 e. The molecule has 8 heavy (non-hydrogen) atoms. The minimum absolute atomic E-state index is 0.166. The molecule has 0 radical (unpaired) electrons. The molecule has 0 aromatic rings. The Balaban J connectivity index is 2.23. The van der Waals surface area contributed by atoms with E-state index < -0.39 is 0 Å². The molecule has 0 bridgehead atoms. The van der Waals surface area contributed by atoms with E-state index in [1.807, 2.05) is 0 Å². The second-order valence-corrected chi connectivity index (χ2v) is 2.29. The maximum Gasteiger partial charge on any atom is 0.0618 e. The topological polar surface area (TPSA) is 61.3 Å². The molecule has 1 saturated heterocycles. The molecule has 2 unspecified atom stereocenters. The average molecular weight is 116 g/mol. The first-order valence-corrected chi connectivity index (χ1v) is 2.88. The highest BCUT2D eigenvalue weighted by atomic mass is 16.5. The third-order valence-corrected chi connectivity index (χ3v) is 1.27. The normalized spacial score (nSPS) is 39.8. The second kappa shape index (κ2) is 2.44. The maximum atomic E-state index is 5.52. The van der Waals surface area contributed by atoms with Crippen molar-refractivity contribution in [2.75, 3.05) is 13.2 Å². The van der Waals surface area contributed by atoms with Crippen LogP contribution in [0.25, 0.3) is 0 Å². The van der Waals surface area contributed by atoms with Gasteiger partial charge in [0.25, 0.3) is 0 Å². The summed E-state index contributed by atoms with van der Waals surface area (Å²) in [6, 6.07) is 0.331. The van der Waals surface area contributed by atoms with E-state index in [1.54, 1.807) is 0 Å². The molecule has 0 aromatic carbocycles. The average Bonchev–Trinajstić information content (AvgIpc) is 1.64. The van der Waals surface area contributed by atoms with Crippen LogP contribution in [0.1, 0.15) is 6.42 Å². The molecule has 3 heteroatoms. The van der Waals surface area contributed by atoms with Crippen LogP contribution in [-0.2, 0) is 4.74 Å². The van der Waals surface area contributed by atoms with Crippen molar-refractivity contribution in [3.63, 3.8) is 0 Å². The summed E-state index contributed by atoms with van der Waals surface area (Å²) < 4.78 is 5.04. The number of hydrogen-bond acceptors (Lipinski definition) is 3. The van der Waals surface area contributed by atoms with E-state index in [2.05, 4.69) is 0 Å². The molecule has 48 valence electrons. The van der Waals surface area contributed by atoms with Crippen LogP contribution in [0.5, 0.6) is 0 Å². The third-order valence-electron chi connectivity index (χ3n) is 1.27. The number of hydrogen-bond donors (Lipinski definition) is 2. The van der Waals surface area contributed by atoms with E-state index >= 15 is 0 Å². The van der Waals surface area contributed by atoms with Gasteiger partial charge < -0.3 is 16.2 Å². The first kappa shape index (κ1) is 6.01. The molecule has 1 aliphatic heterocycles. The smallest absolute Gasteiger partial charge is 0.0618 e. The first-order valence-electron chi connectivity index (χ1n) is 2.88. The molecule has 1 fully saturated rings. The monoisotopic (exact) mass is 116 g/mol. The van der Waals surface area contributed by atoms with Gasteiger partial charge in [-0.1, -0.05) is 0 Å². The molecule has 0 aliphatic carbocycles. The molecular formula is C5H12N2O. The van der Waals surface area contributed by atoms with Crippen molar-refractivity contribution in [3.8, 4) is 0 Å². The fourth-order valence-corrected chi connectivity index (χ4v) is 0.896. The Morgan fingerprint density at radius 2 is 1.62 bits per heavy atom. The van der Waals surface area contributed by atoms with E-state index in [4.69, 9.17) is 16.2 Å². The molecule has 1 aliphatic rings. The Labute approximate surface area is 49.0 Å². The van der Waals surface area contributed by atoms with E-state index in [-0.39, 0.29) is 12.1 Å². The molecule has 1 heterocycles. The molecule has 4 N–H and O–H groups in total. The lowest BCUT2D eigenvalue weighted by Crippen LogP contribution is -2.42. The lowest BCUT2D eigenvalue weighted by Gasteiger charge is -2.23. The summed E-state index contributed by atoms with van der Waals surface area (Å²) in [6.07, 6.45) is 0.903. The zero-order valence-corrected chi connectivity index (χ0v) is 4.84. The van der Waals surface area contributed by atoms with E-state index in [0.29, 0.717) is 13.2 Å². The predicted octanol–water partition coefficient (Wildman–Crippen LogP) is -0.939. The summed E-state index contributed by atoms with van der Waals surface area (Å²) >= 11 is 0. The van der Waals surface area contributed by atoms with Crippen LogP contribution in [0.4, 0.5) is 0 Å². The summed E-state index contributed by atoms with van der Waals surface area (Å²) in [7, 11) is 0. The molecule has 1 rings (SSSR count). The van der Waals surface area contributed by atoms with Crippen LogP contribution >= 0.6 is 0 Å².